The minimum Gasteiger partial charge on any atom is -0.349 e. The second kappa shape index (κ2) is 5.31. The van der Waals surface area contributed by atoms with Crippen molar-refractivity contribution in [2.75, 3.05) is 0 Å². The van der Waals surface area contributed by atoms with E-state index in [2.05, 4.69) is 10.4 Å². The molecule has 1 aliphatic carbocycles. The number of halogens is 1. The predicted octanol–water partition coefficient (Wildman–Crippen LogP) is 2.85. The van der Waals surface area contributed by atoms with E-state index < -0.39 is 0 Å². The molecule has 3 rings (SSSR count). The Morgan fingerprint density at radius 1 is 1.43 bits per heavy atom. The summed E-state index contributed by atoms with van der Waals surface area (Å²) in [5, 5.41) is 7.14. The molecule has 5 heteroatoms. The van der Waals surface area contributed by atoms with Gasteiger partial charge in [-0.3, -0.25) is 4.79 Å². The van der Waals surface area contributed by atoms with Crippen molar-refractivity contribution in [3.63, 3.8) is 0 Å². The molecule has 1 aromatic heterocycles. The first-order valence-electron chi connectivity index (χ1n) is 7.18. The summed E-state index contributed by atoms with van der Waals surface area (Å²) in [6.45, 7) is 3.79. The third-order valence-electron chi connectivity index (χ3n) is 4.02. The molecule has 1 aromatic carbocycles. The summed E-state index contributed by atoms with van der Waals surface area (Å²) in [5.74, 6) is 0.0902. The summed E-state index contributed by atoms with van der Waals surface area (Å²) in [7, 11) is 0. The number of aromatic nitrogens is 2. The van der Waals surface area contributed by atoms with Crippen LogP contribution in [0.15, 0.2) is 30.5 Å². The van der Waals surface area contributed by atoms with Crippen LogP contribution >= 0.6 is 0 Å². The lowest BCUT2D eigenvalue weighted by atomic mass is 10.2. The van der Waals surface area contributed by atoms with E-state index in [0.29, 0.717) is 22.9 Å². The van der Waals surface area contributed by atoms with Crippen molar-refractivity contribution in [2.45, 2.75) is 32.7 Å². The number of amides is 1. The SMILES string of the molecule is Cc1c(C(=O)NC(C)C2CC2)cnn1-c1ccccc1F. The van der Waals surface area contributed by atoms with Crippen molar-refractivity contribution in [1.82, 2.24) is 15.1 Å². The maximum atomic E-state index is 13.8. The van der Waals surface area contributed by atoms with Crippen LogP contribution in [-0.4, -0.2) is 21.7 Å². The quantitative estimate of drug-likeness (QED) is 0.940. The van der Waals surface area contributed by atoms with E-state index >= 15 is 0 Å². The molecule has 0 aliphatic heterocycles. The largest absolute Gasteiger partial charge is 0.349 e. The topological polar surface area (TPSA) is 46.9 Å². The smallest absolute Gasteiger partial charge is 0.254 e. The minimum atomic E-state index is -0.359. The van der Waals surface area contributed by atoms with Crippen LogP contribution in [0.1, 0.15) is 35.8 Å². The Morgan fingerprint density at radius 3 is 2.81 bits per heavy atom. The number of hydrogen-bond donors (Lipinski definition) is 1. The summed E-state index contributed by atoms with van der Waals surface area (Å²) in [4.78, 5) is 12.3. The lowest BCUT2D eigenvalue weighted by Gasteiger charge is -2.12. The van der Waals surface area contributed by atoms with Crippen molar-refractivity contribution < 1.29 is 9.18 Å². The Labute approximate surface area is 123 Å². The maximum Gasteiger partial charge on any atom is 0.254 e. The third kappa shape index (κ3) is 2.68. The molecule has 1 N–H and O–H groups in total. The first-order chi connectivity index (χ1) is 10.1. The highest BCUT2D eigenvalue weighted by Crippen LogP contribution is 2.32. The zero-order chi connectivity index (χ0) is 15.0. The fourth-order valence-corrected chi connectivity index (χ4v) is 2.50. The standard InChI is InChI=1S/C16H18FN3O/c1-10(12-7-8-12)19-16(21)13-9-18-20(11(13)2)15-6-4-3-5-14(15)17/h3-6,9-10,12H,7-8H2,1-2H3,(H,19,21). The molecular formula is C16H18FN3O. The Morgan fingerprint density at radius 2 is 2.14 bits per heavy atom. The average Bonchev–Trinajstić information content (AvgIpc) is 3.23. The summed E-state index contributed by atoms with van der Waals surface area (Å²) in [6.07, 6.45) is 3.85. The molecule has 2 aromatic rings. The van der Waals surface area contributed by atoms with Crippen LogP contribution in [0.5, 0.6) is 0 Å². The van der Waals surface area contributed by atoms with Gasteiger partial charge in [0.05, 0.1) is 17.5 Å². The highest BCUT2D eigenvalue weighted by Gasteiger charge is 2.29. The van der Waals surface area contributed by atoms with E-state index in [4.69, 9.17) is 0 Å². The van der Waals surface area contributed by atoms with Gasteiger partial charge in [0.15, 0.2) is 0 Å². The van der Waals surface area contributed by atoms with Crippen molar-refractivity contribution in [2.24, 2.45) is 5.92 Å². The Balaban J connectivity index is 1.85. The molecule has 0 saturated heterocycles. The van der Waals surface area contributed by atoms with Gasteiger partial charge in [0.25, 0.3) is 5.91 Å². The van der Waals surface area contributed by atoms with Gasteiger partial charge in [-0.05, 0) is 44.7 Å². The summed E-state index contributed by atoms with van der Waals surface area (Å²) in [6, 6.07) is 6.57. The fraction of sp³-hybridized carbons (Fsp3) is 0.375. The van der Waals surface area contributed by atoms with Gasteiger partial charge in [-0.2, -0.15) is 5.10 Å². The van der Waals surface area contributed by atoms with E-state index in [1.807, 2.05) is 6.92 Å². The summed E-state index contributed by atoms with van der Waals surface area (Å²) < 4.78 is 15.3. The third-order valence-corrected chi connectivity index (χ3v) is 4.02. The van der Waals surface area contributed by atoms with Crippen LogP contribution in [0.2, 0.25) is 0 Å². The van der Waals surface area contributed by atoms with E-state index in [1.165, 1.54) is 29.8 Å². The lowest BCUT2D eigenvalue weighted by Crippen LogP contribution is -2.34. The zero-order valence-electron chi connectivity index (χ0n) is 12.1. The van der Waals surface area contributed by atoms with Gasteiger partial charge in [-0.25, -0.2) is 9.07 Å². The number of nitrogens with one attached hydrogen (secondary N) is 1. The van der Waals surface area contributed by atoms with Crippen LogP contribution in [0, 0.1) is 18.7 Å². The molecule has 0 bridgehead atoms. The van der Waals surface area contributed by atoms with Gasteiger partial charge < -0.3 is 5.32 Å². The van der Waals surface area contributed by atoms with E-state index in [0.717, 1.165) is 0 Å². The molecule has 21 heavy (non-hydrogen) atoms. The van der Waals surface area contributed by atoms with Crippen LogP contribution < -0.4 is 5.32 Å². The highest BCUT2D eigenvalue weighted by molar-refractivity contribution is 5.95. The number of para-hydroxylation sites is 1. The van der Waals surface area contributed by atoms with Gasteiger partial charge in [0.2, 0.25) is 0 Å². The second-order valence-corrected chi connectivity index (χ2v) is 5.61. The zero-order valence-corrected chi connectivity index (χ0v) is 12.1. The van der Waals surface area contributed by atoms with E-state index in [-0.39, 0.29) is 17.8 Å². The number of benzene rings is 1. The van der Waals surface area contributed by atoms with E-state index in [9.17, 15) is 9.18 Å². The maximum absolute atomic E-state index is 13.8. The van der Waals surface area contributed by atoms with Crippen LogP contribution in [0.25, 0.3) is 5.69 Å². The van der Waals surface area contributed by atoms with Crippen LogP contribution in [0.4, 0.5) is 4.39 Å². The van der Waals surface area contributed by atoms with Crippen molar-refractivity contribution in [3.8, 4) is 5.69 Å². The van der Waals surface area contributed by atoms with Crippen molar-refractivity contribution in [1.29, 1.82) is 0 Å². The predicted molar refractivity (Wildman–Crippen MR) is 77.9 cm³/mol. The molecule has 1 atom stereocenters. The summed E-state index contributed by atoms with van der Waals surface area (Å²) >= 11 is 0. The normalized spacial score (nSPS) is 15.8. The first kappa shape index (κ1) is 13.8. The van der Waals surface area contributed by atoms with Crippen LogP contribution in [0.3, 0.4) is 0 Å². The van der Waals surface area contributed by atoms with Gasteiger partial charge in [-0.15, -0.1) is 0 Å². The lowest BCUT2D eigenvalue weighted by molar-refractivity contribution is 0.0935. The van der Waals surface area contributed by atoms with Crippen molar-refractivity contribution >= 4 is 5.91 Å². The highest BCUT2D eigenvalue weighted by atomic mass is 19.1. The molecule has 1 fully saturated rings. The van der Waals surface area contributed by atoms with Gasteiger partial charge in [-0.1, -0.05) is 12.1 Å². The molecule has 0 radical (unpaired) electrons. The Hall–Kier alpha value is -2.17. The molecule has 0 spiro atoms. The molecule has 4 nitrogen and oxygen atoms in total. The molecule has 1 unspecified atom stereocenters. The molecule has 1 aliphatic rings. The van der Waals surface area contributed by atoms with Gasteiger partial charge in [0, 0.05) is 6.04 Å². The number of hydrogen-bond acceptors (Lipinski definition) is 2. The Kier molecular flexibility index (Phi) is 3.49. The molecule has 1 saturated carbocycles. The van der Waals surface area contributed by atoms with E-state index in [1.54, 1.807) is 25.1 Å². The van der Waals surface area contributed by atoms with Gasteiger partial charge in [0.1, 0.15) is 11.5 Å². The molecular weight excluding hydrogens is 269 g/mol. The average molecular weight is 287 g/mol. The monoisotopic (exact) mass is 287 g/mol. The minimum absolute atomic E-state index is 0.144. The fourth-order valence-electron chi connectivity index (χ4n) is 2.50. The molecule has 110 valence electrons. The Bertz CT molecular complexity index is 676. The summed E-state index contributed by atoms with van der Waals surface area (Å²) in [5.41, 5.74) is 1.48. The number of carbonyl (C=O) groups excluding carboxylic acids is 1. The van der Waals surface area contributed by atoms with Crippen LogP contribution in [-0.2, 0) is 0 Å². The number of carbonyl (C=O) groups is 1. The number of rotatable bonds is 4. The second-order valence-electron chi connectivity index (χ2n) is 5.61. The first-order valence-corrected chi connectivity index (χ1v) is 7.18. The molecule has 1 heterocycles. The van der Waals surface area contributed by atoms with Crippen molar-refractivity contribution in [3.05, 3.63) is 47.5 Å². The van der Waals surface area contributed by atoms with Gasteiger partial charge >= 0.3 is 0 Å². The molecule has 1 amide bonds. The number of nitrogens with zero attached hydrogens (tertiary/aromatic N) is 2.